The van der Waals surface area contributed by atoms with Crippen molar-refractivity contribution < 1.29 is 4.74 Å². The van der Waals surface area contributed by atoms with Gasteiger partial charge in [0.25, 0.3) is 0 Å². The molecule has 0 aromatic heterocycles. The summed E-state index contributed by atoms with van der Waals surface area (Å²) in [5, 5.41) is 0. The Morgan fingerprint density at radius 3 is 2.82 bits per heavy atom. The highest BCUT2D eigenvalue weighted by molar-refractivity contribution is 9.09. The van der Waals surface area contributed by atoms with Gasteiger partial charge in [-0.15, -0.1) is 0 Å². The number of alkyl halides is 1. The zero-order valence-corrected chi connectivity index (χ0v) is 8.93. The molecule has 0 bridgehead atoms. The van der Waals surface area contributed by atoms with Crippen molar-refractivity contribution in [3.05, 3.63) is 0 Å². The van der Waals surface area contributed by atoms with Gasteiger partial charge >= 0.3 is 0 Å². The SMILES string of the molecule is CCC(Br)C(C)C1CCOC1. The summed E-state index contributed by atoms with van der Waals surface area (Å²) in [5.41, 5.74) is 0. The molecule has 3 atom stereocenters. The molecule has 1 fully saturated rings. The molecule has 1 aliphatic rings. The van der Waals surface area contributed by atoms with E-state index in [9.17, 15) is 0 Å². The van der Waals surface area contributed by atoms with E-state index in [1.807, 2.05) is 0 Å². The van der Waals surface area contributed by atoms with Crippen LogP contribution in [0.5, 0.6) is 0 Å². The molecule has 0 aliphatic carbocycles. The van der Waals surface area contributed by atoms with Crippen LogP contribution in [0.1, 0.15) is 26.7 Å². The van der Waals surface area contributed by atoms with Crippen LogP contribution in [0.15, 0.2) is 0 Å². The van der Waals surface area contributed by atoms with Crippen LogP contribution < -0.4 is 0 Å². The van der Waals surface area contributed by atoms with Crippen molar-refractivity contribution in [1.82, 2.24) is 0 Å². The predicted molar refractivity (Wildman–Crippen MR) is 51.1 cm³/mol. The Balaban J connectivity index is 2.32. The number of hydrogen-bond acceptors (Lipinski definition) is 1. The minimum absolute atomic E-state index is 0.675. The third-order valence-electron chi connectivity index (χ3n) is 2.67. The summed E-state index contributed by atoms with van der Waals surface area (Å²) in [7, 11) is 0. The van der Waals surface area contributed by atoms with Crippen molar-refractivity contribution in [3.8, 4) is 0 Å². The van der Waals surface area contributed by atoms with Gasteiger partial charge in [-0.05, 0) is 24.7 Å². The highest BCUT2D eigenvalue weighted by atomic mass is 79.9. The van der Waals surface area contributed by atoms with Crippen LogP contribution in [0.4, 0.5) is 0 Å². The molecule has 0 aromatic carbocycles. The lowest BCUT2D eigenvalue weighted by molar-refractivity contribution is 0.174. The van der Waals surface area contributed by atoms with E-state index in [0.29, 0.717) is 4.83 Å². The first-order valence-electron chi connectivity index (χ1n) is 4.47. The van der Waals surface area contributed by atoms with Crippen molar-refractivity contribution >= 4 is 15.9 Å². The first-order chi connectivity index (χ1) is 5.25. The molecule has 1 heterocycles. The normalized spacial score (nSPS) is 30.3. The average molecular weight is 221 g/mol. The van der Waals surface area contributed by atoms with Gasteiger partial charge in [0.2, 0.25) is 0 Å². The van der Waals surface area contributed by atoms with E-state index >= 15 is 0 Å². The zero-order valence-electron chi connectivity index (χ0n) is 7.35. The van der Waals surface area contributed by atoms with Crippen LogP contribution in [0.25, 0.3) is 0 Å². The topological polar surface area (TPSA) is 9.23 Å². The molecule has 0 radical (unpaired) electrons. The fourth-order valence-corrected chi connectivity index (χ4v) is 2.07. The minimum Gasteiger partial charge on any atom is -0.381 e. The van der Waals surface area contributed by atoms with E-state index in [0.717, 1.165) is 25.0 Å². The summed E-state index contributed by atoms with van der Waals surface area (Å²) >= 11 is 3.70. The first-order valence-corrected chi connectivity index (χ1v) is 5.39. The van der Waals surface area contributed by atoms with E-state index < -0.39 is 0 Å². The molecular weight excluding hydrogens is 204 g/mol. The molecule has 1 saturated heterocycles. The van der Waals surface area contributed by atoms with Crippen LogP contribution in [0.3, 0.4) is 0 Å². The molecule has 1 nitrogen and oxygen atoms in total. The Labute approximate surface area is 77.6 Å². The van der Waals surface area contributed by atoms with Gasteiger partial charge in [-0.3, -0.25) is 0 Å². The Kier molecular flexibility index (Phi) is 3.86. The third kappa shape index (κ3) is 2.45. The third-order valence-corrected chi connectivity index (χ3v) is 4.15. The van der Waals surface area contributed by atoms with Gasteiger partial charge in [0.05, 0.1) is 0 Å². The second-order valence-corrected chi connectivity index (χ2v) is 4.58. The smallest absolute Gasteiger partial charge is 0.0498 e. The Hall–Kier alpha value is 0.440. The van der Waals surface area contributed by atoms with Crippen molar-refractivity contribution in [3.63, 3.8) is 0 Å². The van der Waals surface area contributed by atoms with E-state index in [1.165, 1.54) is 12.8 Å². The van der Waals surface area contributed by atoms with Gasteiger partial charge in [-0.1, -0.05) is 29.8 Å². The standard InChI is InChI=1S/C9H17BrO/c1-3-9(10)7(2)8-4-5-11-6-8/h7-9H,3-6H2,1-2H3. The van der Waals surface area contributed by atoms with Gasteiger partial charge in [0.15, 0.2) is 0 Å². The summed E-state index contributed by atoms with van der Waals surface area (Å²) in [6, 6.07) is 0. The Morgan fingerprint density at radius 1 is 1.64 bits per heavy atom. The molecule has 1 rings (SSSR count). The molecule has 11 heavy (non-hydrogen) atoms. The summed E-state index contributed by atoms with van der Waals surface area (Å²) in [5.74, 6) is 1.56. The van der Waals surface area contributed by atoms with Crippen LogP contribution in [-0.4, -0.2) is 18.0 Å². The van der Waals surface area contributed by atoms with Gasteiger partial charge < -0.3 is 4.74 Å². The van der Waals surface area contributed by atoms with E-state index in [1.54, 1.807) is 0 Å². The number of hydrogen-bond donors (Lipinski definition) is 0. The van der Waals surface area contributed by atoms with Crippen LogP contribution in [0, 0.1) is 11.8 Å². The molecule has 66 valence electrons. The van der Waals surface area contributed by atoms with Crippen LogP contribution >= 0.6 is 15.9 Å². The van der Waals surface area contributed by atoms with Crippen molar-refractivity contribution in [2.45, 2.75) is 31.5 Å². The molecular formula is C9H17BrO. The lowest BCUT2D eigenvalue weighted by Gasteiger charge is -2.21. The van der Waals surface area contributed by atoms with Gasteiger partial charge in [-0.25, -0.2) is 0 Å². The molecule has 2 heteroatoms. The van der Waals surface area contributed by atoms with Gasteiger partial charge in [0, 0.05) is 18.0 Å². The highest BCUT2D eigenvalue weighted by Gasteiger charge is 2.26. The van der Waals surface area contributed by atoms with Crippen molar-refractivity contribution in [1.29, 1.82) is 0 Å². The number of halogens is 1. The van der Waals surface area contributed by atoms with Crippen molar-refractivity contribution in [2.75, 3.05) is 13.2 Å². The monoisotopic (exact) mass is 220 g/mol. The number of rotatable bonds is 3. The van der Waals surface area contributed by atoms with E-state index in [-0.39, 0.29) is 0 Å². The maximum atomic E-state index is 5.35. The predicted octanol–water partition coefficient (Wildman–Crippen LogP) is 2.83. The van der Waals surface area contributed by atoms with Crippen LogP contribution in [-0.2, 0) is 4.74 Å². The Bertz CT molecular complexity index is 110. The maximum absolute atomic E-state index is 5.35. The summed E-state index contributed by atoms with van der Waals surface area (Å²) < 4.78 is 5.35. The molecule has 0 saturated carbocycles. The van der Waals surface area contributed by atoms with E-state index in [4.69, 9.17) is 4.74 Å². The number of ether oxygens (including phenoxy) is 1. The lowest BCUT2D eigenvalue weighted by atomic mass is 9.90. The molecule has 0 N–H and O–H groups in total. The Morgan fingerprint density at radius 2 is 2.36 bits per heavy atom. The summed E-state index contributed by atoms with van der Waals surface area (Å²) in [6.07, 6.45) is 2.47. The quantitative estimate of drug-likeness (QED) is 0.666. The second-order valence-electron chi connectivity index (χ2n) is 3.41. The molecule has 3 unspecified atom stereocenters. The first kappa shape index (κ1) is 9.53. The van der Waals surface area contributed by atoms with Crippen molar-refractivity contribution in [2.24, 2.45) is 11.8 Å². The molecule has 0 aromatic rings. The summed E-state index contributed by atoms with van der Waals surface area (Å²) in [6.45, 7) is 6.50. The summed E-state index contributed by atoms with van der Waals surface area (Å²) in [4.78, 5) is 0.675. The average Bonchev–Trinajstić information content (AvgIpc) is 2.53. The van der Waals surface area contributed by atoms with Crippen LogP contribution in [0.2, 0.25) is 0 Å². The largest absolute Gasteiger partial charge is 0.381 e. The highest BCUT2D eigenvalue weighted by Crippen LogP contribution is 2.29. The molecule has 0 spiro atoms. The minimum atomic E-state index is 0.675. The zero-order chi connectivity index (χ0) is 8.27. The molecule has 1 aliphatic heterocycles. The maximum Gasteiger partial charge on any atom is 0.0498 e. The lowest BCUT2D eigenvalue weighted by Crippen LogP contribution is -2.20. The van der Waals surface area contributed by atoms with Gasteiger partial charge in [-0.2, -0.15) is 0 Å². The second kappa shape index (κ2) is 4.46. The fourth-order valence-electron chi connectivity index (χ4n) is 1.63. The fraction of sp³-hybridized carbons (Fsp3) is 1.00. The van der Waals surface area contributed by atoms with E-state index in [2.05, 4.69) is 29.8 Å². The molecule has 0 amide bonds. The van der Waals surface area contributed by atoms with Gasteiger partial charge in [0.1, 0.15) is 0 Å².